The van der Waals surface area contributed by atoms with Crippen LogP contribution in [0.15, 0.2) is 42.9 Å². The van der Waals surface area contributed by atoms with Crippen molar-refractivity contribution in [1.82, 2.24) is 34.8 Å². The van der Waals surface area contributed by atoms with Crippen LogP contribution in [0, 0.1) is 5.82 Å². The summed E-state index contributed by atoms with van der Waals surface area (Å²) >= 11 is 0. The van der Waals surface area contributed by atoms with Gasteiger partial charge in [-0.25, -0.2) is 14.1 Å². The maximum atomic E-state index is 15.3. The number of rotatable bonds is 10. The van der Waals surface area contributed by atoms with Gasteiger partial charge in [0.25, 0.3) is 11.7 Å². The number of aromatic nitrogens is 5. The summed E-state index contributed by atoms with van der Waals surface area (Å²) in [6.07, 6.45) is -1.35. The average Bonchev–Trinajstić information content (AvgIpc) is 3.64. The van der Waals surface area contributed by atoms with Crippen molar-refractivity contribution in [3.8, 4) is 11.4 Å². The summed E-state index contributed by atoms with van der Waals surface area (Å²) in [5.41, 5.74) is 4.07. The zero-order chi connectivity index (χ0) is 30.7. The Morgan fingerprint density at radius 1 is 1.12 bits per heavy atom. The van der Waals surface area contributed by atoms with E-state index in [1.54, 1.807) is 10.9 Å². The molecule has 2 aromatic carbocycles. The van der Waals surface area contributed by atoms with Gasteiger partial charge in [-0.1, -0.05) is 25.1 Å². The lowest BCUT2D eigenvalue weighted by Crippen LogP contribution is -2.30. The Morgan fingerprint density at radius 3 is 2.63 bits per heavy atom. The number of ether oxygens (including phenoxy) is 2. The molecular formula is C29H31F4N7O3. The first kappa shape index (κ1) is 30.2. The number of fused-ring (bicyclic) bond motifs is 1. The monoisotopic (exact) mass is 601 g/mol. The zero-order valence-corrected chi connectivity index (χ0v) is 23.9. The van der Waals surface area contributed by atoms with E-state index in [0.717, 1.165) is 42.6 Å². The minimum absolute atomic E-state index is 0.0385. The molecule has 43 heavy (non-hydrogen) atoms. The quantitative estimate of drug-likeness (QED) is 0.273. The van der Waals surface area contributed by atoms with Crippen LogP contribution in [-0.2, 0) is 43.6 Å². The summed E-state index contributed by atoms with van der Waals surface area (Å²) in [5.74, 6) is -2.95. The third kappa shape index (κ3) is 6.54. The molecular weight excluding hydrogens is 570 g/mol. The van der Waals surface area contributed by atoms with Gasteiger partial charge in [-0.05, 0) is 41.8 Å². The lowest BCUT2D eigenvalue weighted by atomic mass is 9.97. The van der Waals surface area contributed by atoms with Crippen LogP contribution >= 0.6 is 0 Å². The largest absolute Gasteiger partial charge is 0.494 e. The van der Waals surface area contributed by atoms with Crippen molar-refractivity contribution in [2.45, 2.75) is 45.8 Å². The van der Waals surface area contributed by atoms with Crippen LogP contribution in [-0.4, -0.2) is 62.7 Å². The Bertz CT molecular complexity index is 1620. The number of alkyl halides is 3. The summed E-state index contributed by atoms with van der Waals surface area (Å²) in [5, 5.41) is 10.6. The number of methoxy groups -OCH3 is 2. The molecule has 1 amide bonds. The van der Waals surface area contributed by atoms with Crippen molar-refractivity contribution >= 4 is 5.91 Å². The Balaban J connectivity index is 1.37. The highest BCUT2D eigenvalue weighted by atomic mass is 19.4. The minimum Gasteiger partial charge on any atom is -0.494 e. The van der Waals surface area contributed by atoms with E-state index in [0.29, 0.717) is 12.2 Å². The first-order valence-corrected chi connectivity index (χ1v) is 13.6. The lowest BCUT2D eigenvalue weighted by molar-refractivity contribution is -0.144. The van der Waals surface area contributed by atoms with E-state index in [9.17, 15) is 18.0 Å². The number of likely N-dealkylation sites (N-methyl/N-ethyl adjacent to an activating group) is 1. The smallest absolute Gasteiger partial charge is 0.453 e. The fourth-order valence-electron chi connectivity index (χ4n) is 5.10. The molecule has 0 saturated carbocycles. The van der Waals surface area contributed by atoms with Crippen LogP contribution in [0.25, 0.3) is 5.69 Å². The van der Waals surface area contributed by atoms with Gasteiger partial charge in [0.15, 0.2) is 11.6 Å². The van der Waals surface area contributed by atoms with Gasteiger partial charge in [0, 0.05) is 38.5 Å². The summed E-state index contributed by atoms with van der Waals surface area (Å²) < 4.78 is 67.4. The van der Waals surface area contributed by atoms with E-state index in [1.165, 1.54) is 37.5 Å². The molecule has 1 aliphatic heterocycles. The third-order valence-electron chi connectivity index (χ3n) is 7.34. The van der Waals surface area contributed by atoms with E-state index >= 15 is 4.39 Å². The fourth-order valence-corrected chi connectivity index (χ4v) is 5.10. The lowest BCUT2D eigenvalue weighted by Gasteiger charge is -2.27. The maximum absolute atomic E-state index is 15.3. The number of nitrogens with one attached hydrogen (secondary N) is 1. The van der Waals surface area contributed by atoms with Gasteiger partial charge in [-0.15, -0.1) is 5.10 Å². The number of nitrogens with zero attached hydrogens (tertiary/aromatic N) is 6. The highest BCUT2D eigenvalue weighted by molar-refractivity contribution is 5.95. The van der Waals surface area contributed by atoms with Crippen molar-refractivity contribution < 1.29 is 31.8 Å². The third-order valence-corrected chi connectivity index (χ3v) is 7.34. The Hall–Kier alpha value is -4.30. The van der Waals surface area contributed by atoms with Crippen molar-refractivity contribution in [1.29, 1.82) is 0 Å². The van der Waals surface area contributed by atoms with Crippen LogP contribution in [0.4, 0.5) is 17.6 Å². The van der Waals surface area contributed by atoms with E-state index < -0.39 is 23.7 Å². The second-order valence-electron chi connectivity index (χ2n) is 10.1. The Kier molecular flexibility index (Phi) is 8.78. The number of hydrogen-bond donors (Lipinski definition) is 1. The van der Waals surface area contributed by atoms with Gasteiger partial charge >= 0.3 is 6.18 Å². The molecule has 0 unspecified atom stereocenters. The summed E-state index contributed by atoms with van der Waals surface area (Å²) in [6.45, 7) is 5.15. The molecule has 10 nitrogen and oxygen atoms in total. The van der Waals surface area contributed by atoms with Gasteiger partial charge < -0.3 is 14.8 Å². The predicted octanol–water partition coefficient (Wildman–Crippen LogP) is 4.13. The van der Waals surface area contributed by atoms with Crippen LogP contribution in [0.5, 0.6) is 5.75 Å². The molecule has 0 radical (unpaired) electrons. The van der Waals surface area contributed by atoms with E-state index in [2.05, 4.69) is 50.5 Å². The van der Waals surface area contributed by atoms with Crippen LogP contribution in [0.1, 0.15) is 51.1 Å². The number of carbonyl (C=O) groups is 1. The fraction of sp³-hybridized carbons (Fsp3) is 0.379. The van der Waals surface area contributed by atoms with E-state index in [1.807, 2.05) is 0 Å². The first-order chi connectivity index (χ1) is 20.6. The minimum atomic E-state index is -4.78. The zero-order valence-electron chi connectivity index (χ0n) is 23.9. The number of carbonyl (C=O) groups excluding carboxylic acids is 1. The second-order valence-corrected chi connectivity index (χ2v) is 10.1. The van der Waals surface area contributed by atoms with Gasteiger partial charge in [0.2, 0.25) is 0 Å². The molecule has 5 rings (SSSR count). The molecule has 4 aromatic rings. The standard InChI is InChI=1S/C29H31F4N7O3/c1-4-38-10-9-19-6-5-18(11-20(19)14-38)13-39-15-22(23(36-39)16-42-2)27(41)34-12-21-24(7-8-25(43-3)26(21)30)40-17-35-28(37-40)29(31,32)33/h5-8,11,15,17H,4,9-10,12-14,16H2,1-3H3,(H,34,41). The number of amides is 1. The van der Waals surface area contributed by atoms with Gasteiger partial charge in [-0.3, -0.25) is 14.4 Å². The first-order valence-electron chi connectivity index (χ1n) is 13.6. The van der Waals surface area contributed by atoms with Crippen LogP contribution < -0.4 is 10.1 Å². The molecule has 1 aliphatic rings. The highest BCUT2D eigenvalue weighted by Gasteiger charge is 2.36. The maximum Gasteiger partial charge on any atom is 0.453 e. The molecule has 0 atom stereocenters. The van der Waals surface area contributed by atoms with Crippen LogP contribution in [0.3, 0.4) is 0 Å². The molecule has 228 valence electrons. The molecule has 2 aromatic heterocycles. The van der Waals surface area contributed by atoms with Crippen molar-refractivity contribution in [3.63, 3.8) is 0 Å². The normalized spacial score (nSPS) is 13.7. The molecule has 0 fully saturated rings. The van der Waals surface area contributed by atoms with Crippen molar-refractivity contribution in [2.24, 2.45) is 0 Å². The van der Waals surface area contributed by atoms with Crippen molar-refractivity contribution in [2.75, 3.05) is 27.3 Å². The van der Waals surface area contributed by atoms with Gasteiger partial charge in [0.1, 0.15) is 12.0 Å². The molecule has 1 N–H and O–H groups in total. The molecule has 0 spiro atoms. The van der Waals surface area contributed by atoms with Crippen LogP contribution in [0.2, 0.25) is 0 Å². The number of hydrogen-bond acceptors (Lipinski definition) is 7. The Morgan fingerprint density at radius 2 is 1.93 bits per heavy atom. The molecule has 14 heteroatoms. The summed E-state index contributed by atoms with van der Waals surface area (Å²) in [6, 6.07) is 8.95. The number of halogens is 4. The molecule has 0 saturated heterocycles. The summed E-state index contributed by atoms with van der Waals surface area (Å²) in [4.78, 5) is 19.0. The van der Waals surface area contributed by atoms with E-state index in [4.69, 9.17) is 9.47 Å². The van der Waals surface area contributed by atoms with Crippen molar-refractivity contribution in [3.05, 3.63) is 88.0 Å². The number of benzene rings is 2. The molecule has 3 heterocycles. The van der Waals surface area contributed by atoms with Gasteiger partial charge in [-0.2, -0.15) is 18.3 Å². The van der Waals surface area contributed by atoms with E-state index in [-0.39, 0.29) is 35.7 Å². The highest BCUT2D eigenvalue weighted by Crippen LogP contribution is 2.29. The summed E-state index contributed by atoms with van der Waals surface area (Å²) in [7, 11) is 2.74. The predicted molar refractivity (Wildman–Crippen MR) is 147 cm³/mol. The van der Waals surface area contributed by atoms with Gasteiger partial charge in [0.05, 0.1) is 31.5 Å². The molecule has 0 bridgehead atoms. The Labute approximate surface area is 245 Å². The second kappa shape index (κ2) is 12.5. The average molecular weight is 602 g/mol. The molecule has 0 aliphatic carbocycles. The topological polar surface area (TPSA) is 99.3 Å². The SMILES string of the molecule is CCN1CCc2ccc(Cn3cc(C(=O)NCc4c(-n5cnc(C(F)(F)F)n5)ccc(OC)c4F)c(COC)n3)cc2C1.